The van der Waals surface area contributed by atoms with Gasteiger partial charge in [0.05, 0.1) is 18.9 Å². The van der Waals surface area contributed by atoms with Crippen LogP contribution in [0.15, 0.2) is 77.8 Å². The molecule has 4 nitrogen and oxygen atoms in total. The predicted octanol–water partition coefficient (Wildman–Crippen LogP) is 4.99. The largest absolute Gasteiger partial charge is 0.488 e. The Morgan fingerprint density at radius 1 is 0.931 bits per heavy atom. The zero-order valence-electron chi connectivity index (χ0n) is 16.1. The number of nitrogens with zero attached hydrogens (tertiary/aromatic N) is 2. The van der Waals surface area contributed by atoms with E-state index in [2.05, 4.69) is 22.0 Å². The van der Waals surface area contributed by atoms with Crippen molar-refractivity contribution in [1.82, 2.24) is 0 Å². The van der Waals surface area contributed by atoms with E-state index >= 15 is 0 Å². The first kappa shape index (κ1) is 19.2. The molecule has 3 aromatic carbocycles. The molecule has 0 bridgehead atoms. The molecular formula is C24H23FN2O2. The standard InChI is InChI=1S/C24H23FN2O2/c25-21-7-5-19(6-8-21)18-29-24-4-2-1-3-20(24)17-26-22-9-11-23(12-10-22)27-13-15-28-16-14-27/h1-12,17H,13-16,18H2. The lowest BCUT2D eigenvalue weighted by Gasteiger charge is -2.28. The van der Waals surface area contributed by atoms with Crippen LogP contribution in [0.5, 0.6) is 5.75 Å². The third-order valence-corrected chi connectivity index (χ3v) is 4.81. The molecule has 1 fully saturated rings. The zero-order valence-corrected chi connectivity index (χ0v) is 16.1. The Hall–Kier alpha value is -3.18. The number of halogens is 1. The molecule has 1 aliphatic rings. The zero-order chi connectivity index (χ0) is 19.9. The molecule has 0 unspecified atom stereocenters. The van der Waals surface area contributed by atoms with Crippen molar-refractivity contribution in [1.29, 1.82) is 0 Å². The Labute approximate surface area is 170 Å². The summed E-state index contributed by atoms with van der Waals surface area (Å²) in [5.41, 5.74) is 3.88. The normalized spacial score (nSPS) is 14.3. The molecule has 5 heteroatoms. The van der Waals surface area contributed by atoms with Crippen LogP contribution in [0.3, 0.4) is 0 Å². The van der Waals surface area contributed by atoms with Crippen LogP contribution in [-0.2, 0) is 11.3 Å². The highest BCUT2D eigenvalue weighted by Gasteiger charge is 2.10. The van der Waals surface area contributed by atoms with Gasteiger partial charge in [-0.2, -0.15) is 0 Å². The molecule has 1 heterocycles. The lowest BCUT2D eigenvalue weighted by atomic mass is 10.2. The van der Waals surface area contributed by atoms with E-state index in [-0.39, 0.29) is 5.82 Å². The fourth-order valence-electron chi connectivity index (χ4n) is 3.18. The van der Waals surface area contributed by atoms with Crippen LogP contribution in [0.1, 0.15) is 11.1 Å². The second-order valence-corrected chi connectivity index (χ2v) is 6.83. The lowest BCUT2D eigenvalue weighted by molar-refractivity contribution is 0.122. The molecule has 0 amide bonds. The van der Waals surface area contributed by atoms with Gasteiger partial charge in [-0.05, 0) is 54.1 Å². The molecule has 1 saturated heterocycles. The topological polar surface area (TPSA) is 34.1 Å². The summed E-state index contributed by atoms with van der Waals surface area (Å²) in [4.78, 5) is 6.91. The van der Waals surface area contributed by atoms with Crippen molar-refractivity contribution in [2.24, 2.45) is 4.99 Å². The molecule has 0 spiro atoms. The van der Waals surface area contributed by atoms with Gasteiger partial charge < -0.3 is 14.4 Å². The Balaban J connectivity index is 1.42. The molecule has 0 N–H and O–H groups in total. The second kappa shape index (κ2) is 9.34. The highest BCUT2D eigenvalue weighted by molar-refractivity contribution is 5.85. The van der Waals surface area contributed by atoms with Crippen LogP contribution < -0.4 is 9.64 Å². The number of aliphatic imine (C=N–C) groups is 1. The summed E-state index contributed by atoms with van der Waals surface area (Å²) in [6.45, 7) is 3.76. The van der Waals surface area contributed by atoms with Crippen molar-refractivity contribution in [3.8, 4) is 5.75 Å². The molecule has 29 heavy (non-hydrogen) atoms. The number of ether oxygens (including phenoxy) is 2. The minimum absolute atomic E-state index is 0.249. The minimum Gasteiger partial charge on any atom is -0.488 e. The van der Waals surface area contributed by atoms with Crippen molar-refractivity contribution in [2.45, 2.75) is 6.61 Å². The Morgan fingerprint density at radius 2 is 1.66 bits per heavy atom. The smallest absolute Gasteiger partial charge is 0.128 e. The van der Waals surface area contributed by atoms with Crippen LogP contribution in [0.4, 0.5) is 15.8 Å². The van der Waals surface area contributed by atoms with E-state index in [0.717, 1.165) is 48.9 Å². The van der Waals surface area contributed by atoms with Gasteiger partial charge in [0.25, 0.3) is 0 Å². The Bertz CT molecular complexity index is 949. The van der Waals surface area contributed by atoms with Crippen molar-refractivity contribution in [2.75, 3.05) is 31.2 Å². The van der Waals surface area contributed by atoms with Crippen LogP contribution in [0.2, 0.25) is 0 Å². The molecule has 4 rings (SSSR count). The number of anilines is 1. The summed E-state index contributed by atoms with van der Waals surface area (Å²) in [6, 6.07) is 22.3. The SMILES string of the molecule is Fc1ccc(COc2ccccc2C=Nc2ccc(N3CCOCC3)cc2)cc1. The van der Waals surface area contributed by atoms with Gasteiger partial charge in [0.15, 0.2) is 0 Å². The van der Waals surface area contributed by atoms with Gasteiger partial charge in [-0.1, -0.05) is 24.3 Å². The summed E-state index contributed by atoms with van der Waals surface area (Å²) < 4.78 is 24.4. The van der Waals surface area contributed by atoms with E-state index in [0.29, 0.717) is 6.61 Å². The molecule has 0 saturated carbocycles. The average Bonchev–Trinajstić information content (AvgIpc) is 2.79. The molecule has 0 atom stereocenters. The van der Waals surface area contributed by atoms with Crippen molar-refractivity contribution in [3.05, 3.63) is 89.7 Å². The predicted molar refractivity (Wildman–Crippen MR) is 114 cm³/mol. The van der Waals surface area contributed by atoms with Crippen LogP contribution in [0, 0.1) is 5.82 Å². The number of para-hydroxylation sites is 1. The third-order valence-electron chi connectivity index (χ3n) is 4.81. The highest BCUT2D eigenvalue weighted by atomic mass is 19.1. The summed E-state index contributed by atoms with van der Waals surface area (Å²) >= 11 is 0. The van der Waals surface area contributed by atoms with Crippen LogP contribution in [-0.4, -0.2) is 32.5 Å². The first-order valence-electron chi connectivity index (χ1n) is 9.71. The molecule has 0 aliphatic carbocycles. The Morgan fingerprint density at radius 3 is 2.41 bits per heavy atom. The van der Waals surface area contributed by atoms with E-state index in [9.17, 15) is 4.39 Å². The maximum absolute atomic E-state index is 13.0. The first-order valence-corrected chi connectivity index (χ1v) is 9.71. The van der Waals surface area contributed by atoms with E-state index in [1.54, 1.807) is 12.1 Å². The lowest BCUT2D eigenvalue weighted by Crippen LogP contribution is -2.36. The van der Waals surface area contributed by atoms with Crippen molar-refractivity contribution >= 4 is 17.6 Å². The Kier molecular flexibility index (Phi) is 6.17. The van der Waals surface area contributed by atoms with Gasteiger partial charge in [-0.25, -0.2) is 4.39 Å². The summed E-state index contributed by atoms with van der Waals surface area (Å²) in [5.74, 6) is 0.492. The van der Waals surface area contributed by atoms with E-state index in [1.165, 1.54) is 17.8 Å². The van der Waals surface area contributed by atoms with E-state index in [1.807, 2.05) is 42.6 Å². The first-order chi connectivity index (χ1) is 14.3. The van der Waals surface area contributed by atoms with Crippen LogP contribution in [0.25, 0.3) is 0 Å². The van der Waals surface area contributed by atoms with Gasteiger partial charge in [0.1, 0.15) is 18.2 Å². The van der Waals surface area contributed by atoms with Crippen molar-refractivity contribution < 1.29 is 13.9 Å². The maximum atomic E-state index is 13.0. The number of hydrogen-bond donors (Lipinski definition) is 0. The summed E-state index contributed by atoms with van der Waals surface area (Å²) in [6.07, 6.45) is 1.81. The number of benzene rings is 3. The maximum Gasteiger partial charge on any atom is 0.128 e. The monoisotopic (exact) mass is 390 g/mol. The van der Waals surface area contributed by atoms with Gasteiger partial charge in [-0.15, -0.1) is 0 Å². The molecule has 1 aliphatic heterocycles. The van der Waals surface area contributed by atoms with Gasteiger partial charge >= 0.3 is 0 Å². The third kappa shape index (κ3) is 5.21. The van der Waals surface area contributed by atoms with Gasteiger partial charge in [0.2, 0.25) is 0 Å². The minimum atomic E-state index is -0.249. The molecular weight excluding hydrogens is 367 g/mol. The molecule has 0 radical (unpaired) electrons. The van der Waals surface area contributed by atoms with E-state index in [4.69, 9.17) is 9.47 Å². The second-order valence-electron chi connectivity index (χ2n) is 6.83. The average molecular weight is 390 g/mol. The highest BCUT2D eigenvalue weighted by Crippen LogP contribution is 2.22. The number of morpholine rings is 1. The fourth-order valence-corrected chi connectivity index (χ4v) is 3.18. The quantitative estimate of drug-likeness (QED) is 0.556. The fraction of sp³-hybridized carbons (Fsp3) is 0.208. The molecule has 3 aromatic rings. The summed E-state index contributed by atoms with van der Waals surface area (Å²) in [5, 5.41) is 0. The van der Waals surface area contributed by atoms with Crippen molar-refractivity contribution in [3.63, 3.8) is 0 Å². The number of rotatable bonds is 6. The summed E-state index contributed by atoms with van der Waals surface area (Å²) in [7, 11) is 0. The van der Waals surface area contributed by atoms with Crippen LogP contribution >= 0.6 is 0 Å². The van der Waals surface area contributed by atoms with Gasteiger partial charge in [-0.3, -0.25) is 4.99 Å². The molecule has 148 valence electrons. The number of hydrogen-bond acceptors (Lipinski definition) is 4. The molecule has 0 aromatic heterocycles. The van der Waals surface area contributed by atoms with E-state index < -0.39 is 0 Å². The van der Waals surface area contributed by atoms with Gasteiger partial charge in [0, 0.05) is 30.6 Å².